The molecule has 0 saturated heterocycles. The van der Waals surface area contributed by atoms with Gasteiger partial charge < -0.3 is 9.47 Å². The van der Waals surface area contributed by atoms with Gasteiger partial charge in [0.25, 0.3) is 0 Å². The molecule has 1 aromatic rings. The van der Waals surface area contributed by atoms with Crippen molar-refractivity contribution in [2.45, 2.75) is 20.3 Å². The van der Waals surface area contributed by atoms with Gasteiger partial charge in [0.05, 0.1) is 10.00 Å². The first-order chi connectivity index (χ1) is 9.04. The Balaban J connectivity index is 2.70. The number of rotatable bonds is 7. The van der Waals surface area contributed by atoms with E-state index >= 15 is 0 Å². The Labute approximate surface area is 136 Å². The normalized spacial score (nSPS) is 10.2. The second-order valence-electron chi connectivity index (χ2n) is 4.08. The van der Waals surface area contributed by atoms with Gasteiger partial charge in [-0.2, -0.15) is 0 Å². The first kappa shape index (κ1) is 16.9. The summed E-state index contributed by atoms with van der Waals surface area (Å²) in [4.78, 5) is 0. The highest BCUT2D eigenvalue weighted by Crippen LogP contribution is 2.28. The minimum atomic E-state index is 0.511. The number of halogens is 3. The van der Waals surface area contributed by atoms with Gasteiger partial charge in [0.1, 0.15) is 18.1 Å². The topological polar surface area (TPSA) is 18.5 Å². The molecular formula is C14H17Br2ClO2. The van der Waals surface area contributed by atoms with E-state index in [4.69, 9.17) is 21.1 Å². The van der Waals surface area contributed by atoms with Crippen LogP contribution in [0, 0.1) is 13.8 Å². The van der Waals surface area contributed by atoms with E-state index in [1.165, 1.54) is 0 Å². The molecule has 0 atom stereocenters. The van der Waals surface area contributed by atoms with E-state index in [-0.39, 0.29) is 0 Å². The zero-order valence-electron chi connectivity index (χ0n) is 11.0. The summed E-state index contributed by atoms with van der Waals surface area (Å²) in [5, 5.41) is 0. The number of ether oxygens (including phenoxy) is 2. The van der Waals surface area contributed by atoms with Gasteiger partial charge >= 0.3 is 0 Å². The number of benzene rings is 1. The molecule has 1 aromatic carbocycles. The summed E-state index contributed by atoms with van der Waals surface area (Å²) in [6.45, 7) is 5.19. The van der Waals surface area contributed by atoms with Crippen LogP contribution in [0.3, 0.4) is 0 Å². The quantitative estimate of drug-likeness (QED) is 0.446. The Kier molecular flexibility index (Phi) is 7.88. The van der Waals surface area contributed by atoms with Gasteiger partial charge in [0, 0.05) is 5.88 Å². The number of aryl methyl sites for hydroxylation is 2. The molecule has 5 heteroatoms. The van der Waals surface area contributed by atoms with Crippen LogP contribution in [0.5, 0.6) is 11.5 Å². The summed E-state index contributed by atoms with van der Waals surface area (Å²) >= 11 is 12.2. The van der Waals surface area contributed by atoms with Crippen molar-refractivity contribution in [3.05, 3.63) is 32.7 Å². The fourth-order valence-corrected chi connectivity index (χ4v) is 2.02. The Morgan fingerprint density at radius 1 is 1.21 bits per heavy atom. The van der Waals surface area contributed by atoms with Crippen LogP contribution < -0.4 is 9.47 Å². The average molecular weight is 413 g/mol. The van der Waals surface area contributed by atoms with Gasteiger partial charge in [-0.15, -0.1) is 11.6 Å². The van der Waals surface area contributed by atoms with Crippen molar-refractivity contribution < 1.29 is 9.47 Å². The molecule has 0 aliphatic carbocycles. The fraction of sp³-hybridized carbons (Fsp3) is 0.429. The van der Waals surface area contributed by atoms with Gasteiger partial charge in [0.2, 0.25) is 0 Å². The predicted octanol–water partition coefficient (Wildman–Crippen LogP) is 5.32. The third kappa shape index (κ3) is 6.19. The SMILES string of the molecule is Cc1cc(OCC=C(Br)Br)cc(C)c1OCCCCl. The largest absolute Gasteiger partial charge is 0.493 e. The maximum atomic E-state index is 5.74. The number of alkyl halides is 1. The monoisotopic (exact) mass is 410 g/mol. The van der Waals surface area contributed by atoms with Gasteiger partial charge in [-0.1, -0.05) is 0 Å². The van der Waals surface area contributed by atoms with Crippen LogP contribution in [-0.2, 0) is 0 Å². The standard InChI is InChI=1S/C14H17Br2ClO2/c1-10-8-12(18-7-4-13(15)16)9-11(2)14(10)19-6-3-5-17/h4,8-9H,3,5-7H2,1-2H3. The molecule has 0 spiro atoms. The minimum absolute atomic E-state index is 0.511. The molecular weight excluding hydrogens is 395 g/mol. The number of hydrogen-bond donors (Lipinski definition) is 0. The summed E-state index contributed by atoms with van der Waals surface area (Å²) < 4.78 is 12.3. The third-order valence-electron chi connectivity index (χ3n) is 2.45. The van der Waals surface area contributed by atoms with Gasteiger partial charge in [-0.05, 0) is 81.5 Å². The molecule has 0 radical (unpaired) electrons. The molecule has 0 fully saturated rings. The van der Waals surface area contributed by atoms with E-state index < -0.39 is 0 Å². The summed E-state index contributed by atoms with van der Waals surface area (Å²) in [6, 6.07) is 3.97. The highest BCUT2D eigenvalue weighted by Gasteiger charge is 2.07. The van der Waals surface area contributed by atoms with Gasteiger partial charge in [0.15, 0.2) is 0 Å². The minimum Gasteiger partial charge on any atom is -0.493 e. The molecule has 0 aromatic heterocycles. The molecule has 0 aliphatic rings. The Hall–Kier alpha value is -0.190. The van der Waals surface area contributed by atoms with Gasteiger partial charge in [-0.25, -0.2) is 0 Å². The van der Waals surface area contributed by atoms with E-state index in [0.717, 1.165) is 32.4 Å². The van der Waals surface area contributed by atoms with Crippen molar-refractivity contribution in [2.24, 2.45) is 0 Å². The summed E-state index contributed by atoms with van der Waals surface area (Å²) in [6.07, 6.45) is 2.75. The van der Waals surface area contributed by atoms with Gasteiger partial charge in [-0.3, -0.25) is 0 Å². The second kappa shape index (κ2) is 8.88. The molecule has 0 N–H and O–H groups in total. The van der Waals surface area contributed by atoms with Crippen LogP contribution in [0.4, 0.5) is 0 Å². The van der Waals surface area contributed by atoms with E-state index in [0.29, 0.717) is 19.1 Å². The summed E-state index contributed by atoms with van der Waals surface area (Å²) in [7, 11) is 0. The average Bonchev–Trinajstić information content (AvgIpc) is 2.32. The maximum absolute atomic E-state index is 5.74. The van der Waals surface area contributed by atoms with Crippen LogP contribution in [-0.4, -0.2) is 19.1 Å². The highest BCUT2D eigenvalue weighted by molar-refractivity contribution is 9.28. The van der Waals surface area contributed by atoms with Crippen molar-refractivity contribution in [3.8, 4) is 11.5 Å². The molecule has 0 bridgehead atoms. The lowest BCUT2D eigenvalue weighted by Crippen LogP contribution is -2.02. The fourth-order valence-electron chi connectivity index (χ4n) is 1.65. The Morgan fingerprint density at radius 3 is 2.37 bits per heavy atom. The van der Waals surface area contributed by atoms with E-state index in [1.807, 2.05) is 32.1 Å². The maximum Gasteiger partial charge on any atom is 0.125 e. The van der Waals surface area contributed by atoms with E-state index in [1.54, 1.807) is 0 Å². The van der Waals surface area contributed by atoms with Crippen LogP contribution >= 0.6 is 43.5 Å². The molecule has 0 aliphatic heterocycles. The van der Waals surface area contributed by atoms with Crippen LogP contribution in [0.25, 0.3) is 0 Å². The van der Waals surface area contributed by atoms with Crippen molar-refractivity contribution >= 4 is 43.5 Å². The third-order valence-corrected chi connectivity index (χ3v) is 3.36. The Morgan fingerprint density at radius 2 is 1.84 bits per heavy atom. The molecule has 19 heavy (non-hydrogen) atoms. The molecule has 0 amide bonds. The van der Waals surface area contributed by atoms with Crippen molar-refractivity contribution in [2.75, 3.05) is 19.1 Å². The van der Waals surface area contributed by atoms with Crippen LogP contribution in [0.1, 0.15) is 17.5 Å². The molecule has 0 saturated carbocycles. The predicted molar refractivity (Wildman–Crippen MR) is 88.2 cm³/mol. The lowest BCUT2D eigenvalue weighted by Gasteiger charge is -2.14. The molecule has 1 rings (SSSR count). The van der Waals surface area contributed by atoms with E-state index in [9.17, 15) is 0 Å². The molecule has 0 unspecified atom stereocenters. The zero-order chi connectivity index (χ0) is 14.3. The zero-order valence-corrected chi connectivity index (χ0v) is 14.9. The summed E-state index contributed by atoms with van der Waals surface area (Å²) in [5.74, 6) is 2.39. The first-order valence-corrected chi connectivity index (χ1v) is 8.10. The summed E-state index contributed by atoms with van der Waals surface area (Å²) in [5.41, 5.74) is 2.15. The van der Waals surface area contributed by atoms with Crippen LogP contribution in [0.2, 0.25) is 0 Å². The molecule has 2 nitrogen and oxygen atoms in total. The second-order valence-corrected chi connectivity index (χ2v) is 7.23. The van der Waals surface area contributed by atoms with E-state index in [2.05, 4.69) is 31.9 Å². The molecule has 106 valence electrons. The highest BCUT2D eigenvalue weighted by atomic mass is 79.9. The Bertz CT molecular complexity index is 420. The van der Waals surface area contributed by atoms with Crippen LogP contribution in [0.15, 0.2) is 21.6 Å². The van der Waals surface area contributed by atoms with Crippen molar-refractivity contribution in [3.63, 3.8) is 0 Å². The smallest absolute Gasteiger partial charge is 0.125 e. The number of hydrogen-bond acceptors (Lipinski definition) is 2. The van der Waals surface area contributed by atoms with Crippen molar-refractivity contribution in [1.29, 1.82) is 0 Å². The lowest BCUT2D eigenvalue weighted by atomic mass is 10.1. The van der Waals surface area contributed by atoms with Crippen molar-refractivity contribution in [1.82, 2.24) is 0 Å². The first-order valence-electron chi connectivity index (χ1n) is 5.98. The lowest BCUT2D eigenvalue weighted by molar-refractivity contribution is 0.312. The molecule has 0 heterocycles.